The van der Waals surface area contributed by atoms with Gasteiger partial charge in [0, 0.05) is 23.7 Å². The molecule has 0 unspecified atom stereocenters. The maximum absolute atomic E-state index is 12.9. The van der Waals surface area contributed by atoms with Crippen LogP contribution in [-0.2, 0) is 19.8 Å². The number of aromatic nitrogens is 2. The van der Waals surface area contributed by atoms with Gasteiger partial charge in [0.2, 0.25) is 0 Å². The van der Waals surface area contributed by atoms with Gasteiger partial charge in [0.1, 0.15) is 23.7 Å². The van der Waals surface area contributed by atoms with Crippen LogP contribution in [0.15, 0.2) is 53.7 Å². The van der Waals surface area contributed by atoms with Gasteiger partial charge in [-0.15, -0.1) is 4.91 Å². The Hall–Kier alpha value is -2.87. The zero-order valence-corrected chi connectivity index (χ0v) is 14.8. The number of ether oxygens (including phenoxy) is 1. The summed E-state index contributed by atoms with van der Waals surface area (Å²) in [4.78, 5) is 11.2. The van der Waals surface area contributed by atoms with Crippen molar-refractivity contribution in [3.05, 3.63) is 69.7 Å². The minimum absolute atomic E-state index is 0.00340. The molecule has 0 fully saturated rings. The summed E-state index contributed by atoms with van der Waals surface area (Å²) in [6.45, 7) is 0.233. The largest absolute Gasteiger partial charge is 0.489 e. The van der Waals surface area contributed by atoms with Crippen molar-refractivity contribution in [1.82, 2.24) is 9.78 Å². The van der Waals surface area contributed by atoms with Gasteiger partial charge in [-0.2, -0.15) is 18.3 Å². The highest BCUT2D eigenvalue weighted by molar-refractivity contribution is 6.30. The third kappa shape index (κ3) is 4.28. The van der Waals surface area contributed by atoms with Gasteiger partial charge < -0.3 is 4.74 Å². The molecule has 27 heavy (non-hydrogen) atoms. The highest BCUT2D eigenvalue weighted by Crippen LogP contribution is 2.36. The number of benzene rings is 2. The van der Waals surface area contributed by atoms with Crippen molar-refractivity contribution in [2.24, 2.45) is 12.2 Å². The first-order valence-corrected chi connectivity index (χ1v) is 8.12. The van der Waals surface area contributed by atoms with E-state index < -0.39 is 11.9 Å². The summed E-state index contributed by atoms with van der Waals surface area (Å²) in [5, 5.41) is 7.33. The smallest absolute Gasteiger partial charge is 0.433 e. The molecule has 0 N–H and O–H groups in total. The molecule has 0 aliphatic heterocycles. The average Bonchev–Trinajstić information content (AvgIpc) is 3.03. The number of nitrogens with zero attached hydrogens (tertiary/aromatic N) is 3. The lowest BCUT2D eigenvalue weighted by Gasteiger charge is -2.08. The topological polar surface area (TPSA) is 56.5 Å². The average molecular weight is 396 g/mol. The van der Waals surface area contributed by atoms with Crippen molar-refractivity contribution in [2.45, 2.75) is 12.8 Å². The third-order valence-electron chi connectivity index (χ3n) is 3.83. The Morgan fingerprint density at radius 3 is 2.44 bits per heavy atom. The Labute approximate surface area is 157 Å². The van der Waals surface area contributed by atoms with E-state index >= 15 is 0 Å². The highest BCUT2D eigenvalue weighted by atomic mass is 35.5. The minimum Gasteiger partial charge on any atom is -0.489 e. The minimum atomic E-state index is -4.55. The highest BCUT2D eigenvalue weighted by Gasteiger charge is 2.35. The quantitative estimate of drug-likeness (QED) is 0.518. The van der Waals surface area contributed by atoms with Crippen LogP contribution < -0.4 is 4.74 Å². The second-order valence-electron chi connectivity index (χ2n) is 5.72. The molecule has 140 valence electrons. The third-order valence-corrected chi connectivity index (χ3v) is 4.08. The van der Waals surface area contributed by atoms with Gasteiger partial charge in [-0.05, 0) is 41.1 Å². The van der Waals surface area contributed by atoms with Gasteiger partial charge in [-0.25, -0.2) is 0 Å². The Bertz CT molecular complexity index is 969. The van der Waals surface area contributed by atoms with Crippen LogP contribution in [0, 0.1) is 4.91 Å². The molecule has 0 aliphatic carbocycles. The first kappa shape index (κ1) is 18.9. The van der Waals surface area contributed by atoms with Crippen LogP contribution in [0.5, 0.6) is 5.75 Å². The number of nitroso groups, excluding NO2 is 1. The molecular weight excluding hydrogens is 383 g/mol. The van der Waals surface area contributed by atoms with Gasteiger partial charge in [0.05, 0.1) is 5.69 Å². The lowest BCUT2D eigenvalue weighted by molar-refractivity contribution is -0.143. The molecule has 0 bridgehead atoms. The predicted octanol–water partition coefficient (Wildman–Crippen LogP) is 5.74. The second-order valence-corrected chi connectivity index (χ2v) is 6.16. The van der Waals surface area contributed by atoms with E-state index in [0.29, 0.717) is 10.8 Å². The summed E-state index contributed by atoms with van der Waals surface area (Å²) in [7, 11) is 1.18. The van der Waals surface area contributed by atoms with E-state index in [1.165, 1.54) is 19.2 Å². The monoisotopic (exact) mass is 395 g/mol. The number of rotatable bonds is 5. The van der Waals surface area contributed by atoms with Gasteiger partial charge in [0.15, 0.2) is 0 Å². The Kier molecular flexibility index (Phi) is 5.18. The van der Waals surface area contributed by atoms with E-state index in [4.69, 9.17) is 16.3 Å². The fourth-order valence-corrected chi connectivity index (χ4v) is 2.63. The Morgan fingerprint density at radius 2 is 1.85 bits per heavy atom. The number of alkyl halides is 3. The van der Waals surface area contributed by atoms with Crippen molar-refractivity contribution in [3.63, 3.8) is 0 Å². The molecule has 3 rings (SSSR count). The van der Waals surface area contributed by atoms with E-state index in [1.807, 2.05) is 0 Å². The van der Waals surface area contributed by atoms with Crippen LogP contribution in [-0.4, -0.2) is 9.78 Å². The predicted molar refractivity (Wildman–Crippen MR) is 94.9 cm³/mol. The van der Waals surface area contributed by atoms with Crippen LogP contribution in [0.3, 0.4) is 0 Å². The zero-order chi connectivity index (χ0) is 19.6. The molecule has 9 heteroatoms. The molecule has 0 spiro atoms. The first-order chi connectivity index (χ1) is 12.8. The van der Waals surface area contributed by atoms with Crippen molar-refractivity contribution < 1.29 is 17.9 Å². The van der Waals surface area contributed by atoms with E-state index in [0.717, 1.165) is 16.3 Å². The van der Waals surface area contributed by atoms with Crippen molar-refractivity contribution in [2.75, 3.05) is 0 Å². The maximum Gasteiger partial charge on any atom is 0.433 e. The van der Waals surface area contributed by atoms with Gasteiger partial charge in [-0.3, -0.25) is 4.68 Å². The van der Waals surface area contributed by atoms with E-state index in [1.54, 1.807) is 30.3 Å². The van der Waals surface area contributed by atoms with Crippen molar-refractivity contribution in [3.8, 4) is 17.0 Å². The number of hydrogen-bond acceptors (Lipinski definition) is 4. The van der Waals surface area contributed by atoms with Gasteiger partial charge in [-0.1, -0.05) is 23.7 Å². The fraction of sp³-hybridized carbons (Fsp3) is 0.167. The van der Waals surface area contributed by atoms with Crippen LogP contribution in [0.25, 0.3) is 11.3 Å². The molecule has 1 heterocycles. The van der Waals surface area contributed by atoms with Crippen LogP contribution in [0.4, 0.5) is 18.9 Å². The molecule has 0 radical (unpaired) electrons. The molecule has 0 atom stereocenters. The number of halogens is 4. The zero-order valence-electron chi connectivity index (χ0n) is 14.0. The van der Waals surface area contributed by atoms with Crippen LogP contribution in [0.2, 0.25) is 5.02 Å². The van der Waals surface area contributed by atoms with Crippen molar-refractivity contribution >= 4 is 17.3 Å². The molecule has 0 aliphatic rings. The summed E-state index contributed by atoms with van der Waals surface area (Å²) in [6, 6.07) is 12.3. The lowest BCUT2D eigenvalue weighted by Crippen LogP contribution is -2.11. The number of hydrogen-bond donors (Lipinski definition) is 0. The molecule has 2 aromatic carbocycles. The summed E-state index contributed by atoms with van der Waals surface area (Å²) in [5.41, 5.74) is 0.0788. The Morgan fingerprint density at radius 1 is 1.15 bits per heavy atom. The molecule has 0 amide bonds. The normalized spacial score (nSPS) is 11.4. The van der Waals surface area contributed by atoms with Gasteiger partial charge >= 0.3 is 6.18 Å². The fourth-order valence-electron chi connectivity index (χ4n) is 2.50. The number of aryl methyl sites for hydroxylation is 1. The lowest BCUT2D eigenvalue weighted by atomic mass is 10.1. The molecule has 3 aromatic rings. The summed E-state index contributed by atoms with van der Waals surface area (Å²) in [6.07, 6.45) is -4.55. The SMILES string of the molecule is Cn1nc(-c2ccc(OCc3ccc(Cl)cc3)cc2N=O)cc1C(F)(F)F. The van der Waals surface area contributed by atoms with E-state index in [9.17, 15) is 18.1 Å². The molecule has 0 saturated heterocycles. The van der Waals surface area contributed by atoms with Gasteiger partial charge in [0.25, 0.3) is 0 Å². The standard InChI is InChI=1S/C18H13ClF3N3O2/c1-25-17(18(20,21)22)9-15(23-25)14-7-6-13(8-16(14)24-26)27-10-11-2-4-12(19)5-3-11/h2-9H,10H2,1H3. The summed E-state index contributed by atoms with van der Waals surface area (Å²) in [5.74, 6) is 0.357. The summed E-state index contributed by atoms with van der Waals surface area (Å²) < 4.78 is 45.1. The Balaban J connectivity index is 1.84. The summed E-state index contributed by atoms with van der Waals surface area (Å²) >= 11 is 5.82. The molecule has 5 nitrogen and oxygen atoms in total. The molecule has 1 aromatic heterocycles. The van der Waals surface area contributed by atoms with Crippen LogP contribution >= 0.6 is 11.6 Å². The maximum atomic E-state index is 12.9. The van der Waals surface area contributed by atoms with Crippen LogP contribution in [0.1, 0.15) is 11.3 Å². The molecule has 0 saturated carbocycles. The van der Waals surface area contributed by atoms with E-state index in [-0.39, 0.29) is 23.6 Å². The van der Waals surface area contributed by atoms with E-state index in [2.05, 4.69) is 10.3 Å². The second kappa shape index (κ2) is 7.40. The van der Waals surface area contributed by atoms with Crippen molar-refractivity contribution in [1.29, 1.82) is 0 Å². The molecular formula is C18H13ClF3N3O2. The first-order valence-electron chi connectivity index (χ1n) is 7.74.